The number of carboxylic acid groups (broad SMARTS) is 1. The van der Waals surface area contributed by atoms with E-state index in [2.05, 4.69) is 9.88 Å². The Balaban J connectivity index is 1.78. The molecule has 1 aromatic heterocycles. The van der Waals surface area contributed by atoms with Crippen LogP contribution >= 0.6 is 0 Å². The van der Waals surface area contributed by atoms with Crippen molar-refractivity contribution in [2.24, 2.45) is 5.92 Å². The summed E-state index contributed by atoms with van der Waals surface area (Å²) in [5.41, 5.74) is 1.09. The van der Waals surface area contributed by atoms with Gasteiger partial charge in [0.05, 0.1) is 5.69 Å². The zero-order chi connectivity index (χ0) is 12.1. The highest BCUT2D eigenvalue weighted by Crippen LogP contribution is 2.21. The van der Waals surface area contributed by atoms with Crippen LogP contribution in [0.1, 0.15) is 25.0 Å². The second-order valence-corrected chi connectivity index (χ2v) is 4.64. The van der Waals surface area contributed by atoms with Gasteiger partial charge in [-0.3, -0.25) is 14.7 Å². The first-order valence-corrected chi connectivity index (χ1v) is 6.08. The van der Waals surface area contributed by atoms with E-state index in [1.165, 1.54) is 0 Å². The Kier molecular flexibility index (Phi) is 4.09. The van der Waals surface area contributed by atoms with Crippen molar-refractivity contribution in [3.8, 4) is 0 Å². The van der Waals surface area contributed by atoms with Gasteiger partial charge in [-0.1, -0.05) is 6.07 Å². The lowest BCUT2D eigenvalue weighted by Gasteiger charge is -2.30. The van der Waals surface area contributed by atoms with E-state index >= 15 is 0 Å². The molecule has 0 amide bonds. The monoisotopic (exact) mass is 234 g/mol. The van der Waals surface area contributed by atoms with E-state index in [1.54, 1.807) is 0 Å². The van der Waals surface area contributed by atoms with E-state index in [0.717, 1.165) is 38.2 Å². The largest absolute Gasteiger partial charge is 0.481 e. The zero-order valence-electron chi connectivity index (χ0n) is 9.88. The molecule has 1 aliphatic heterocycles. The Hall–Kier alpha value is -1.42. The van der Waals surface area contributed by atoms with Crippen LogP contribution in [-0.2, 0) is 11.3 Å². The molecule has 17 heavy (non-hydrogen) atoms. The molecule has 0 atom stereocenters. The van der Waals surface area contributed by atoms with Gasteiger partial charge in [0.2, 0.25) is 0 Å². The fourth-order valence-corrected chi connectivity index (χ4v) is 2.32. The normalized spacial score (nSPS) is 18.1. The maximum Gasteiger partial charge on any atom is 0.303 e. The summed E-state index contributed by atoms with van der Waals surface area (Å²) in [5.74, 6) is -0.319. The molecule has 2 rings (SSSR count). The molecular formula is C13H18N2O2. The maximum absolute atomic E-state index is 10.6. The number of carboxylic acids is 1. The standard InChI is InChI=1S/C13H18N2O2/c16-13(17)9-11-4-7-15(8-5-11)10-12-3-1-2-6-14-12/h1-3,6,11H,4-5,7-10H2,(H,16,17). The number of piperidine rings is 1. The average molecular weight is 234 g/mol. The predicted octanol–water partition coefficient (Wildman–Crippen LogP) is 1.77. The van der Waals surface area contributed by atoms with Crippen molar-refractivity contribution >= 4 is 5.97 Å². The molecule has 2 heterocycles. The highest BCUT2D eigenvalue weighted by atomic mass is 16.4. The van der Waals surface area contributed by atoms with Crippen LogP contribution in [0.3, 0.4) is 0 Å². The third-order valence-electron chi connectivity index (χ3n) is 3.28. The topological polar surface area (TPSA) is 53.4 Å². The molecule has 1 N–H and O–H groups in total. The van der Waals surface area contributed by atoms with Crippen molar-refractivity contribution in [3.63, 3.8) is 0 Å². The van der Waals surface area contributed by atoms with Gasteiger partial charge in [0.1, 0.15) is 0 Å². The van der Waals surface area contributed by atoms with Gasteiger partial charge in [0.15, 0.2) is 0 Å². The Bertz CT molecular complexity index is 359. The van der Waals surface area contributed by atoms with Gasteiger partial charge in [0, 0.05) is 19.2 Å². The fraction of sp³-hybridized carbons (Fsp3) is 0.538. The van der Waals surface area contributed by atoms with Gasteiger partial charge in [0.25, 0.3) is 0 Å². The third-order valence-corrected chi connectivity index (χ3v) is 3.28. The highest BCUT2D eigenvalue weighted by molar-refractivity contribution is 5.67. The van der Waals surface area contributed by atoms with Crippen LogP contribution in [-0.4, -0.2) is 34.0 Å². The van der Waals surface area contributed by atoms with Crippen LogP contribution in [0.2, 0.25) is 0 Å². The van der Waals surface area contributed by atoms with Crippen LogP contribution in [0.5, 0.6) is 0 Å². The number of carbonyl (C=O) groups is 1. The predicted molar refractivity (Wildman–Crippen MR) is 64.5 cm³/mol. The molecule has 0 aromatic carbocycles. The smallest absolute Gasteiger partial charge is 0.303 e. The number of hydrogen-bond donors (Lipinski definition) is 1. The Morgan fingerprint density at radius 3 is 2.76 bits per heavy atom. The molecule has 0 aliphatic carbocycles. The minimum Gasteiger partial charge on any atom is -0.481 e. The molecule has 0 radical (unpaired) electrons. The van der Waals surface area contributed by atoms with E-state index in [9.17, 15) is 4.79 Å². The molecule has 1 aliphatic rings. The molecule has 0 saturated carbocycles. The van der Waals surface area contributed by atoms with Crippen molar-refractivity contribution in [2.75, 3.05) is 13.1 Å². The van der Waals surface area contributed by atoms with Gasteiger partial charge >= 0.3 is 5.97 Å². The van der Waals surface area contributed by atoms with Crippen LogP contribution in [0.25, 0.3) is 0 Å². The summed E-state index contributed by atoms with van der Waals surface area (Å²) in [6.45, 7) is 2.84. The summed E-state index contributed by atoms with van der Waals surface area (Å²) in [6, 6.07) is 5.95. The van der Waals surface area contributed by atoms with Crippen LogP contribution in [0, 0.1) is 5.92 Å². The fourth-order valence-electron chi connectivity index (χ4n) is 2.32. The van der Waals surface area contributed by atoms with E-state index < -0.39 is 5.97 Å². The lowest BCUT2D eigenvalue weighted by atomic mass is 9.93. The summed E-state index contributed by atoms with van der Waals surface area (Å²) in [4.78, 5) is 17.3. The van der Waals surface area contributed by atoms with E-state index in [4.69, 9.17) is 5.11 Å². The van der Waals surface area contributed by atoms with Crippen LogP contribution < -0.4 is 0 Å². The Morgan fingerprint density at radius 2 is 2.18 bits per heavy atom. The summed E-state index contributed by atoms with van der Waals surface area (Å²) in [5, 5.41) is 8.74. The van der Waals surface area contributed by atoms with Crippen molar-refractivity contribution in [1.82, 2.24) is 9.88 Å². The van der Waals surface area contributed by atoms with Crippen molar-refractivity contribution in [2.45, 2.75) is 25.8 Å². The molecule has 0 bridgehead atoms. The van der Waals surface area contributed by atoms with Gasteiger partial charge in [-0.15, -0.1) is 0 Å². The van der Waals surface area contributed by atoms with Crippen LogP contribution in [0.15, 0.2) is 24.4 Å². The molecule has 0 spiro atoms. The Labute approximate surface area is 101 Å². The number of nitrogens with zero attached hydrogens (tertiary/aromatic N) is 2. The second kappa shape index (κ2) is 5.77. The average Bonchev–Trinajstić information content (AvgIpc) is 2.32. The number of pyridine rings is 1. The minimum atomic E-state index is -0.673. The molecule has 1 aromatic rings. The molecule has 0 unspecified atom stereocenters. The van der Waals surface area contributed by atoms with E-state index in [0.29, 0.717) is 12.3 Å². The summed E-state index contributed by atoms with van der Waals surface area (Å²) < 4.78 is 0. The third kappa shape index (κ3) is 3.82. The number of hydrogen-bond acceptors (Lipinski definition) is 3. The second-order valence-electron chi connectivity index (χ2n) is 4.64. The van der Waals surface area contributed by atoms with E-state index in [1.807, 2.05) is 24.4 Å². The minimum absolute atomic E-state index is 0.317. The lowest BCUT2D eigenvalue weighted by molar-refractivity contribution is -0.138. The molecular weight excluding hydrogens is 216 g/mol. The summed E-state index contributed by atoms with van der Waals surface area (Å²) >= 11 is 0. The first-order chi connectivity index (χ1) is 8.24. The van der Waals surface area contributed by atoms with Crippen molar-refractivity contribution in [3.05, 3.63) is 30.1 Å². The van der Waals surface area contributed by atoms with E-state index in [-0.39, 0.29) is 0 Å². The number of aliphatic carboxylic acids is 1. The number of likely N-dealkylation sites (tertiary alicyclic amines) is 1. The molecule has 92 valence electrons. The van der Waals surface area contributed by atoms with Crippen LogP contribution in [0.4, 0.5) is 0 Å². The van der Waals surface area contributed by atoms with Gasteiger partial charge in [-0.05, 0) is 44.0 Å². The SMILES string of the molecule is O=C(O)CC1CCN(Cc2ccccn2)CC1. The zero-order valence-corrected chi connectivity index (χ0v) is 9.88. The summed E-state index contributed by atoms with van der Waals surface area (Å²) in [6.07, 6.45) is 4.10. The molecule has 1 fully saturated rings. The molecule has 1 saturated heterocycles. The molecule has 4 heteroatoms. The number of aromatic nitrogens is 1. The van der Waals surface area contributed by atoms with Crippen molar-refractivity contribution in [1.29, 1.82) is 0 Å². The lowest BCUT2D eigenvalue weighted by Crippen LogP contribution is -2.34. The highest BCUT2D eigenvalue weighted by Gasteiger charge is 2.21. The van der Waals surface area contributed by atoms with Crippen molar-refractivity contribution < 1.29 is 9.90 Å². The Morgan fingerprint density at radius 1 is 1.41 bits per heavy atom. The quantitative estimate of drug-likeness (QED) is 0.862. The molecule has 4 nitrogen and oxygen atoms in total. The van der Waals surface area contributed by atoms with Gasteiger partial charge in [-0.2, -0.15) is 0 Å². The number of rotatable bonds is 4. The first kappa shape index (κ1) is 12.0. The first-order valence-electron chi connectivity index (χ1n) is 6.08. The van der Waals surface area contributed by atoms with Gasteiger partial charge < -0.3 is 5.11 Å². The van der Waals surface area contributed by atoms with Gasteiger partial charge in [-0.25, -0.2) is 0 Å². The maximum atomic E-state index is 10.6. The summed E-state index contributed by atoms with van der Waals surface area (Å²) in [7, 11) is 0.